The number of non-ortho nitro benzene ring substituents is 1. The van der Waals surface area contributed by atoms with Crippen LogP contribution in [-0.2, 0) is 19.6 Å². The highest BCUT2D eigenvalue weighted by atomic mass is 32.2. The molecule has 0 radical (unpaired) electrons. The van der Waals surface area contributed by atoms with E-state index < -0.39 is 33.0 Å². The van der Waals surface area contributed by atoms with Crippen LogP contribution in [0.2, 0.25) is 0 Å². The summed E-state index contributed by atoms with van der Waals surface area (Å²) in [5.41, 5.74) is 3.91. The fourth-order valence-electron chi connectivity index (χ4n) is 3.91. The fraction of sp³-hybridized carbons (Fsp3) is 0.167. The summed E-state index contributed by atoms with van der Waals surface area (Å²) >= 11 is 0. The highest BCUT2D eigenvalue weighted by molar-refractivity contribution is 7.90. The highest BCUT2D eigenvalue weighted by Crippen LogP contribution is 2.44. The average molecular weight is 496 g/mol. The summed E-state index contributed by atoms with van der Waals surface area (Å²) in [6.07, 6.45) is -0.873. The molecule has 0 aromatic heterocycles. The zero-order valence-corrected chi connectivity index (χ0v) is 19.3. The number of nitro benzene ring substituents is 1. The van der Waals surface area contributed by atoms with Crippen molar-refractivity contribution in [1.82, 2.24) is 10.0 Å². The molecular formula is C24H21N3O7S. The molecule has 0 saturated heterocycles. The van der Waals surface area contributed by atoms with Gasteiger partial charge in [-0.3, -0.25) is 14.9 Å². The summed E-state index contributed by atoms with van der Waals surface area (Å²) in [7, 11) is -4.29. The minimum Gasteiger partial charge on any atom is -0.449 e. The number of hydrogen-bond donors (Lipinski definition) is 2. The normalized spacial score (nSPS) is 13.3. The molecule has 0 fully saturated rings. The molecule has 11 heteroatoms. The Balaban J connectivity index is 1.35. The summed E-state index contributed by atoms with van der Waals surface area (Å²) in [5.74, 6) is -1.16. The number of alkyl carbamates (subject to hydrolysis) is 1. The minimum absolute atomic E-state index is 0.0370. The lowest BCUT2D eigenvalue weighted by Crippen LogP contribution is -2.46. The predicted molar refractivity (Wildman–Crippen MR) is 126 cm³/mol. The maximum atomic E-state index is 12.4. The number of sulfonamides is 1. The molecule has 0 spiro atoms. The SMILES string of the molecule is C[C@H](NC(=O)OCC1c2ccccc2-c2ccccc21)C(=O)NS(=O)(=O)c1ccc([N+](=O)[O-])cc1. The van der Waals surface area contributed by atoms with E-state index in [9.17, 15) is 28.1 Å². The van der Waals surface area contributed by atoms with Gasteiger partial charge in [0.25, 0.3) is 21.6 Å². The lowest BCUT2D eigenvalue weighted by atomic mass is 9.98. The number of amides is 2. The van der Waals surface area contributed by atoms with Crippen LogP contribution in [0.4, 0.5) is 10.5 Å². The molecule has 3 aromatic rings. The lowest BCUT2D eigenvalue weighted by Gasteiger charge is -2.17. The second kappa shape index (κ2) is 9.55. The third-order valence-electron chi connectivity index (χ3n) is 5.66. The van der Waals surface area contributed by atoms with Gasteiger partial charge >= 0.3 is 6.09 Å². The van der Waals surface area contributed by atoms with Crippen LogP contribution in [0.1, 0.15) is 24.0 Å². The van der Waals surface area contributed by atoms with Crippen LogP contribution in [0.5, 0.6) is 0 Å². The van der Waals surface area contributed by atoms with Gasteiger partial charge in [0, 0.05) is 18.1 Å². The number of hydrogen-bond acceptors (Lipinski definition) is 7. The number of ether oxygens (including phenoxy) is 1. The van der Waals surface area contributed by atoms with E-state index in [-0.39, 0.29) is 23.1 Å². The highest BCUT2D eigenvalue weighted by Gasteiger charge is 2.30. The molecule has 10 nitrogen and oxygen atoms in total. The Hall–Kier alpha value is -4.25. The summed E-state index contributed by atoms with van der Waals surface area (Å²) in [4.78, 5) is 34.4. The molecule has 0 saturated carbocycles. The van der Waals surface area contributed by atoms with Gasteiger partial charge in [-0.1, -0.05) is 48.5 Å². The van der Waals surface area contributed by atoms with Crippen molar-refractivity contribution >= 4 is 27.7 Å². The number of rotatable bonds is 7. The van der Waals surface area contributed by atoms with Gasteiger partial charge in [-0.15, -0.1) is 0 Å². The Bertz CT molecular complexity index is 1360. The number of nitro groups is 1. The topological polar surface area (TPSA) is 145 Å². The number of nitrogens with zero attached hydrogens (tertiary/aromatic N) is 1. The zero-order chi connectivity index (χ0) is 25.2. The van der Waals surface area contributed by atoms with Crippen LogP contribution in [0.3, 0.4) is 0 Å². The van der Waals surface area contributed by atoms with Crippen LogP contribution in [0.25, 0.3) is 11.1 Å². The summed E-state index contributed by atoms with van der Waals surface area (Å²) in [6.45, 7) is 1.34. The molecule has 35 heavy (non-hydrogen) atoms. The van der Waals surface area contributed by atoms with Crippen LogP contribution >= 0.6 is 0 Å². The van der Waals surface area contributed by atoms with Crippen molar-refractivity contribution in [1.29, 1.82) is 0 Å². The monoisotopic (exact) mass is 495 g/mol. The van der Waals surface area contributed by atoms with E-state index in [0.29, 0.717) is 0 Å². The summed E-state index contributed by atoms with van der Waals surface area (Å²) in [6, 6.07) is 18.5. The van der Waals surface area contributed by atoms with Crippen molar-refractivity contribution in [2.45, 2.75) is 23.8 Å². The molecule has 0 aliphatic heterocycles. The smallest absolute Gasteiger partial charge is 0.407 e. The van der Waals surface area contributed by atoms with E-state index >= 15 is 0 Å². The first-order valence-electron chi connectivity index (χ1n) is 10.6. The number of carbonyl (C=O) groups excluding carboxylic acids is 2. The largest absolute Gasteiger partial charge is 0.449 e. The number of fused-ring (bicyclic) bond motifs is 3. The van der Waals surface area contributed by atoms with Crippen molar-refractivity contribution in [3.63, 3.8) is 0 Å². The van der Waals surface area contributed by atoms with Crippen molar-refractivity contribution in [3.05, 3.63) is 94.0 Å². The van der Waals surface area contributed by atoms with Crippen LogP contribution < -0.4 is 10.0 Å². The summed E-state index contributed by atoms with van der Waals surface area (Å²) < 4.78 is 32.0. The van der Waals surface area contributed by atoms with Crippen LogP contribution in [0.15, 0.2) is 77.7 Å². The number of nitrogens with one attached hydrogen (secondary N) is 2. The maximum absolute atomic E-state index is 12.4. The van der Waals surface area contributed by atoms with E-state index in [1.54, 1.807) is 0 Å². The summed E-state index contributed by atoms with van der Waals surface area (Å²) in [5, 5.41) is 13.0. The van der Waals surface area contributed by atoms with E-state index in [1.807, 2.05) is 53.3 Å². The molecule has 1 aliphatic carbocycles. The molecule has 0 heterocycles. The lowest BCUT2D eigenvalue weighted by molar-refractivity contribution is -0.384. The predicted octanol–water partition coefficient (Wildman–Crippen LogP) is 3.33. The first-order chi connectivity index (χ1) is 16.7. The molecular weight excluding hydrogens is 474 g/mol. The Morgan fingerprint density at radius 2 is 1.51 bits per heavy atom. The van der Waals surface area contributed by atoms with Crippen molar-refractivity contribution in [2.75, 3.05) is 6.61 Å². The number of carbonyl (C=O) groups is 2. The standard InChI is InChI=1S/C24H21N3O7S/c1-15(23(28)26-35(32,33)17-12-10-16(11-13-17)27(30)31)25-24(29)34-14-22-20-8-4-2-6-18(20)19-7-3-5-9-21(19)22/h2-13,15,22H,14H2,1H3,(H,25,29)(H,26,28)/t15-/m0/s1. The molecule has 2 N–H and O–H groups in total. The second-order valence-electron chi connectivity index (χ2n) is 7.91. The van der Waals surface area contributed by atoms with E-state index in [2.05, 4.69) is 5.32 Å². The molecule has 0 bridgehead atoms. The van der Waals surface area contributed by atoms with E-state index in [1.165, 1.54) is 6.92 Å². The Labute approximate surface area is 201 Å². The molecule has 3 aromatic carbocycles. The third kappa shape index (κ3) is 4.99. The molecule has 1 aliphatic rings. The molecule has 180 valence electrons. The zero-order valence-electron chi connectivity index (χ0n) is 18.5. The first kappa shape index (κ1) is 23.9. The van der Waals surface area contributed by atoms with Gasteiger partial charge in [-0.25, -0.2) is 17.9 Å². The quantitative estimate of drug-likeness (QED) is 0.378. The van der Waals surface area contributed by atoms with Crippen molar-refractivity contribution in [3.8, 4) is 11.1 Å². The van der Waals surface area contributed by atoms with Crippen LogP contribution in [-0.4, -0.2) is 38.0 Å². The Morgan fingerprint density at radius 3 is 2.06 bits per heavy atom. The van der Waals surface area contributed by atoms with Gasteiger partial charge in [0.05, 0.1) is 9.82 Å². The van der Waals surface area contributed by atoms with Crippen molar-refractivity contribution in [2.24, 2.45) is 0 Å². The molecule has 4 rings (SSSR count). The molecule has 2 amide bonds. The average Bonchev–Trinajstić information content (AvgIpc) is 3.16. The second-order valence-corrected chi connectivity index (χ2v) is 9.59. The Morgan fingerprint density at radius 1 is 0.971 bits per heavy atom. The van der Waals surface area contributed by atoms with Gasteiger partial charge in [0.15, 0.2) is 0 Å². The van der Waals surface area contributed by atoms with Gasteiger partial charge in [0.2, 0.25) is 0 Å². The van der Waals surface area contributed by atoms with Gasteiger partial charge in [-0.05, 0) is 41.3 Å². The van der Waals surface area contributed by atoms with E-state index in [4.69, 9.17) is 4.74 Å². The van der Waals surface area contributed by atoms with Gasteiger partial charge < -0.3 is 10.1 Å². The molecule has 0 unspecified atom stereocenters. The third-order valence-corrected chi connectivity index (χ3v) is 7.03. The number of benzene rings is 3. The van der Waals surface area contributed by atoms with Crippen LogP contribution in [0, 0.1) is 10.1 Å². The minimum atomic E-state index is -4.29. The fourth-order valence-corrected chi connectivity index (χ4v) is 4.96. The Kier molecular flexibility index (Phi) is 6.52. The van der Waals surface area contributed by atoms with Crippen molar-refractivity contribution < 1.29 is 27.7 Å². The van der Waals surface area contributed by atoms with E-state index in [0.717, 1.165) is 46.5 Å². The molecule has 1 atom stereocenters. The maximum Gasteiger partial charge on any atom is 0.407 e. The van der Waals surface area contributed by atoms with Gasteiger partial charge in [-0.2, -0.15) is 0 Å². The van der Waals surface area contributed by atoms with Gasteiger partial charge in [0.1, 0.15) is 12.6 Å². The first-order valence-corrected chi connectivity index (χ1v) is 12.1.